The molecule has 1 aromatic rings. The molecule has 0 aliphatic rings. The van der Waals surface area contributed by atoms with Gasteiger partial charge in [-0.15, -0.1) is 0 Å². The molecule has 1 N–H and O–H groups in total. The smallest absolute Gasteiger partial charge is 0.115 e. The van der Waals surface area contributed by atoms with E-state index in [0.717, 1.165) is 24.2 Å². The van der Waals surface area contributed by atoms with Gasteiger partial charge in [0.15, 0.2) is 0 Å². The molecule has 128 valence electrons. The molecule has 1 aromatic carbocycles. The number of hydroxylamine groups is 1. The summed E-state index contributed by atoms with van der Waals surface area (Å²) in [7, 11) is 1.79. The molecular weight excluding hydrogens is 286 g/mol. The summed E-state index contributed by atoms with van der Waals surface area (Å²) >= 11 is 0. The Hall–Kier alpha value is -1.58. The number of allylic oxidation sites excluding steroid dienone is 2. The van der Waals surface area contributed by atoms with Crippen LogP contribution in [0.5, 0.6) is 0 Å². The van der Waals surface area contributed by atoms with E-state index in [1.807, 2.05) is 18.2 Å². The molecule has 23 heavy (non-hydrogen) atoms. The summed E-state index contributed by atoms with van der Waals surface area (Å²) < 4.78 is 5.88. The molecule has 0 saturated carbocycles. The van der Waals surface area contributed by atoms with Crippen LogP contribution in [-0.2, 0) is 16.2 Å². The lowest BCUT2D eigenvalue weighted by molar-refractivity contribution is -0.0778. The second kappa shape index (κ2) is 9.53. The van der Waals surface area contributed by atoms with Crippen molar-refractivity contribution in [2.24, 2.45) is 5.92 Å². The number of benzene rings is 1. The zero-order valence-electron chi connectivity index (χ0n) is 15.2. The highest BCUT2D eigenvalue weighted by Crippen LogP contribution is 2.23. The van der Waals surface area contributed by atoms with Crippen molar-refractivity contribution in [3.05, 3.63) is 59.9 Å². The summed E-state index contributed by atoms with van der Waals surface area (Å²) in [5.74, 6) is 1.14. The standard InChI is InChI=1S/C20H31NO2/c1-16(2)19(13-10-14-20(4,5)23-21-6)17(3)22-15-18-11-8-7-9-12-18/h7-9,11-13,16,21H,3,10,14-15H2,1-2,4-6H3/b19-13-. The molecule has 0 fully saturated rings. The number of hydrogen-bond donors (Lipinski definition) is 1. The second-order valence-corrected chi connectivity index (χ2v) is 6.62. The van der Waals surface area contributed by atoms with Crippen LogP contribution in [0.15, 0.2) is 54.3 Å². The van der Waals surface area contributed by atoms with Gasteiger partial charge in [-0.25, -0.2) is 5.48 Å². The summed E-state index contributed by atoms with van der Waals surface area (Å²) in [6.45, 7) is 13.1. The first-order valence-electron chi connectivity index (χ1n) is 8.26. The SMILES string of the molecule is C=C(OCc1ccccc1)/C(=C\CCC(C)(C)ONC)C(C)C. The fourth-order valence-electron chi connectivity index (χ4n) is 2.40. The second-order valence-electron chi connectivity index (χ2n) is 6.62. The van der Waals surface area contributed by atoms with Gasteiger partial charge in [0.25, 0.3) is 0 Å². The average molecular weight is 317 g/mol. The molecule has 0 bridgehead atoms. The van der Waals surface area contributed by atoms with Crippen LogP contribution in [0.25, 0.3) is 0 Å². The first-order valence-corrected chi connectivity index (χ1v) is 8.26. The Morgan fingerprint density at radius 1 is 1.26 bits per heavy atom. The van der Waals surface area contributed by atoms with E-state index in [0.29, 0.717) is 12.5 Å². The van der Waals surface area contributed by atoms with Crippen LogP contribution in [0.4, 0.5) is 0 Å². The molecule has 0 aliphatic carbocycles. The summed E-state index contributed by atoms with van der Waals surface area (Å²) in [6, 6.07) is 10.2. The number of nitrogens with one attached hydrogen (secondary N) is 1. The minimum atomic E-state index is -0.195. The average Bonchev–Trinajstić information content (AvgIpc) is 2.50. The van der Waals surface area contributed by atoms with Crippen molar-refractivity contribution in [1.29, 1.82) is 0 Å². The van der Waals surface area contributed by atoms with Crippen molar-refractivity contribution in [1.82, 2.24) is 5.48 Å². The molecule has 0 atom stereocenters. The zero-order valence-corrected chi connectivity index (χ0v) is 15.2. The summed E-state index contributed by atoms with van der Waals surface area (Å²) in [5, 5.41) is 0. The molecule has 0 saturated heterocycles. The van der Waals surface area contributed by atoms with Gasteiger partial charge in [0.05, 0.1) is 5.60 Å². The van der Waals surface area contributed by atoms with Crippen LogP contribution < -0.4 is 5.48 Å². The minimum Gasteiger partial charge on any atom is -0.489 e. The van der Waals surface area contributed by atoms with Crippen LogP contribution >= 0.6 is 0 Å². The van der Waals surface area contributed by atoms with Gasteiger partial charge in [0, 0.05) is 7.05 Å². The van der Waals surface area contributed by atoms with Crippen molar-refractivity contribution in [2.45, 2.75) is 52.7 Å². The van der Waals surface area contributed by atoms with Gasteiger partial charge >= 0.3 is 0 Å². The fraction of sp³-hybridized carbons (Fsp3) is 0.500. The lowest BCUT2D eigenvalue weighted by Gasteiger charge is -2.23. The van der Waals surface area contributed by atoms with Gasteiger partial charge in [0.1, 0.15) is 12.4 Å². The molecular formula is C20H31NO2. The van der Waals surface area contributed by atoms with Crippen LogP contribution in [0, 0.1) is 5.92 Å². The Kier molecular flexibility index (Phi) is 8.07. The number of rotatable bonds is 10. The van der Waals surface area contributed by atoms with E-state index in [4.69, 9.17) is 9.57 Å². The van der Waals surface area contributed by atoms with E-state index < -0.39 is 0 Å². The lowest BCUT2D eigenvalue weighted by atomic mass is 9.97. The normalized spacial score (nSPS) is 12.5. The quantitative estimate of drug-likeness (QED) is 0.374. The van der Waals surface area contributed by atoms with Crippen molar-refractivity contribution in [2.75, 3.05) is 7.05 Å². The monoisotopic (exact) mass is 317 g/mol. The highest BCUT2D eigenvalue weighted by atomic mass is 16.7. The molecule has 0 unspecified atom stereocenters. The Morgan fingerprint density at radius 3 is 2.48 bits per heavy atom. The Balaban J connectivity index is 2.59. The molecule has 0 heterocycles. The zero-order chi connectivity index (χ0) is 17.3. The van der Waals surface area contributed by atoms with E-state index in [2.05, 4.69) is 58.0 Å². The van der Waals surface area contributed by atoms with Gasteiger partial charge < -0.3 is 4.74 Å². The first kappa shape index (κ1) is 19.5. The predicted octanol–water partition coefficient (Wildman–Crippen LogP) is 5.01. The molecule has 0 aliphatic heterocycles. The van der Waals surface area contributed by atoms with Crippen LogP contribution in [0.3, 0.4) is 0 Å². The van der Waals surface area contributed by atoms with Crippen LogP contribution in [-0.4, -0.2) is 12.6 Å². The molecule has 0 spiro atoms. The molecule has 3 heteroatoms. The van der Waals surface area contributed by atoms with Crippen LogP contribution in [0.1, 0.15) is 46.1 Å². The van der Waals surface area contributed by atoms with Gasteiger partial charge in [0.2, 0.25) is 0 Å². The van der Waals surface area contributed by atoms with Crippen molar-refractivity contribution < 1.29 is 9.57 Å². The lowest BCUT2D eigenvalue weighted by Crippen LogP contribution is -2.30. The van der Waals surface area contributed by atoms with Crippen LogP contribution in [0.2, 0.25) is 0 Å². The maximum Gasteiger partial charge on any atom is 0.115 e. The maximum absolute atomic E-state index is 5.88. The van der Waals surface area contributed by atoms with E-state index in [1.54, 1.807) is 7.05 Å². The molecule has 0 radical (unpaired) electrons. The van der Waals surface area contributed by atoms with E-state index in [-0.39, 0.29) is 5.60 Å². The van der Waals surface area contributed by atoms with Gasteiger partial charge in [-0.1, -0.05) is 56.8 Å². The Labute approximate surface area is 141 Å². The van der Waals surface area contributed by atoms with Gasteiger partial charge in [-0.3, -0.25) is 4.84 Å². The largest absolute Gasteiger partial charge is 0.489 e. The third-order valence-corrected chi connectivity index (χ3v) is 3.69. The van der Waals surface area contributed by atoms with Crippen molar-refractivity contribution >= 4 is 0 Å². The summed E-state index contributed by atoms with van der Waals surface area (Å²) in [5.41, 5.74) is 4.89. The van der Waals surface area contributed by atoms with Gasteiger partial charge in [-0.05, 0) is 43.7 Å². The van der Waals surface area contributed by atoms with Crippen molar-refractivity contribution in [3.8, 4) is 0 Å². The third-order valence-electron chi connectivity index (χ3n) is 3.69. The molecule has 0 aromatic heterocycles. The fourth-order valence-corrected chi connectivity index (χ4v) is 2.40. The Bertz CT molecular complexity index is 504. The molecule has 1 rings (SSSR count). The summed E-state index contributed by atoms with van der Waals surface area (Å²) in [6.07, 6.45) is 4.07. The number of hydrogen-bond acceptors (Lipinski definition) is 3. The highest BCUT2D eigenvalue weighted by Gasteiger charge is 2.18. The number of ether oxygens (including phenoxy) is 1. The summed E-state index contributed by atoms with van der Waals surface area (Å²) in [4.78, 5) is 5.50. The minimum absolute atomic E-state index is 0.195. The topological polar surface area (TPSA) is 30.5 Å². The van der Waals surface area contributed by atoms with Crippen molar-refractivity contribution in [3.63, 3.8) is 0 Å². The van der Waals surface area contributed by atoms with E-state index in [9.17, 15) is 0 Å². The Morgan fingerprint density at radius 2 is 1.91 bits per heavy atom. The third kappa shape index (κ3) is 7.49. The van der Waals surface area contributed by atoms with E-state index >= 15 is 0 Å². The van der Waals surface area contributed by atoms with Gasteiger partial charge in [-0.2, -0.15) is 0 Å². The highest BCUT2D eigenvalue weighted by molar-refractivity contribution is 5.25. The molecule has 3 nitrogen and oxygen atoms in total. The maximum atomic E-state index is 5.88. The predicted molar refractivity (Wildman–Crippen MR) is 96.7 cm³/mol. The first-order chi connectivity index (χ1) is 10.9. The van der Waals surface area contributed by atoms with E-state index in [1.165, 1.54) is 5.57 Å². The molecule has 0 amide bonds.